The van der Waals surface area contributed by atoms with Crippen molar-refractivity contribution in [2.24, 2.45) is 7.05 Å². The van der Waals surface area contributed by atoms with E-state index in [0.29, 0.717) is 95.0 Å². The molecule has 7 aromatic heterocycles. The zero-order chi connectivity index (χ0) is 86.2. The number of methoxy groups -OCH3 is 1. The van der Waals surface area contributed by atoms with Crippen LogP contribution in [0, 0.1) is 0 Å². The molecule has 27 nitrogen and oxygen atoms in total. The average molecular weight is 1660 g/mol. The number of nitrogens with one attached hydrogen (secondary N) is 2. The molecule has 2 amide bonds. The highest BCUT2D eigenvalue weighted by atomic mass is 32.1. The van der Waals surface area contributed by atoms with E-state index in [0.717, 1.165) is 66.6 Å². The normalized spacial score (nSPS) is 11.0. The van der Waals surface area contributed by atoms with Crippen LogP contribution in [0.4, 0.5) is 0 Å². The van der Waals surface area contributed by atoms with Crippen LogP contribution in [0.1, 0.15) is 74.0 Å². The number of carboxylic acids is 1. The van der Waals surface area contributed by atoms with Gasteiger partial charge in [-0.1, -0.05) is 127 Å². The topological polar surface area (TPSA) is 377 Å². The molecule has 0 fully saturated rings. The van der Waals surface area contributed by atoms with Crippen LogP contribution in [0.15, 0.2) is 305 Å². The van der Waals surface area contributed by atoms with E-state index in [1.807, 2.05) is 110 Å². The quantitative estimate of drug-likeness (QED) is 0.0178. The number of hydrogen-bond acceptors (Lipinski definition) is 20. The third-order valence-electron chi connectivity index (χ3n) is 20.7. The molecule has 7 heterocycles. The highest BCUT2D eigenvalue weighted by Crippen LogP contribution is 2.35. The number of aliphatic hydroxyl groups excluding tert-OH is 2. The molecule has 17 aromatic rings. The predicted octanol–water partition coefficient (Wildman–Crippen LogP) is 13.3. The van der Waals surface area contributed by atoms with E-state index in [4.69, 9.17) is 30.5 Å². The van der Waals surface area contributed by atoms with Crippen molar-refractivity contribution in [2.75, 3.05) is 20.3 Å². The fourth-order valence-corrected chi connectivity index (χ4v) is 15.1. The van der Waals surface area contributed by atoms with Gasteiger partial charge in [0, 0.05) is 99.7 Å². The van der Waals surface area contributed by atoms with Crippen LogP contribution >= 0.6 is 11.3 Å². The van der Waals surface area contributed by atoms with Gasteiger partial charge in [0.2, 0.25) is 5.88 Å². The first kappa shape index (κ1) is 84.0. The molecule has 614 valence electrons. The maximum atomic E-state index is 12.9. The highest BCUT2D eigenvalue weighted by Gasteiger charge is 2.18. The van der Waals surface area contributed by atoms with Gasteiger partial charge >= 0.3 is 5.97 Å². The Kier molecular flexibility index (Phi) is 26.3. The number of carboxylic acid groups (broad SMARTS) is 1. The van der Waals surface area contributed by atoms with Crippen LogP contribution in [0.5, 0.6) is 5.88 Å². The van der Waals surface area contributed by atoms with Crippen molar-refractivity contribution in [2.45, 2.75) is 45.4 Å². The van der Waals surface area contributed by atoms with Crippen LogP contribution in [0.25, 0.3) is 98.1 Å². The van der Waals surface area contributed by atoms with Gasteiger partial charge in [0.25, 0.3) is 34.1 Å². The number of benzene rings is 10. The zero-order valence-electron chi connectivity index (χ0n) is 66.2. The van der Waals surface area contributed by atoms with Crippen LogP contribution in [-0.4, -0.2) is 123 Å². The summed E-state index contributed by atoms with van der Waals surface area (Å²) in [4.78, 5) is 127. The van der Waals surface area contributed by atoms with Crippen LogP contribution in [0.3, 0.4) is 0 Å². The summed E-state index contributed by atoms with van der Waals surface area (Å²) in [6.07, 6.45) is 13.6. The summed E-state index contributed by atoms with van der Waals surface area (Å²) in [7, 11) is 3.46. The third-order valence-corrected chi connectivity index (χ3v) is 21.6. The first-order chi connectivity index (χ1) is 59.7. The summed E-state index contributed by atoms with van der Waals surface area (Å²) in [6, 6.07) is 71.5. The van der Waals surface area contributed by atoms with E-state index in [2.05, 4.69) is 72.9 Å². The molecule has 28 heteroatoms. The minimum absolute atomic E-state index is 0.197. The number of amides is 2. The second-order valence-electron chi connectivity index (χ2n) is 28.6. The van der Waals surface area contributed by atoms with Gasteiger partial charge in [0.15, 0.2) is 11.6 Å². The zero-order valence-corrected chi connectivity index (χ0v) is 67.0. The Morgan fingerprint density at radius 3 is 1.39 bits per heavy atom. The Labute approximate surface area is 704 Å². The first-order valence-corrected chi connectivity index (χ1v) is 39.6. The molecule has 123 heavy (non-hydrogen) atoms. The number of aliphatic hydroxyl groups is 2. The van der Waals surface area contributed by atoms with Crippen LogP contribution in [-0.2, 0) is 52.5 Å². The molecule has 10 aromatic carbocycles. The fourth-order valence-electron chi connectivity index (χ4n) is 14.1. The fraction of sp³-hybridized carbons (Fsp3) is 0.116. The molecule has 17 rings (SSSR count). The average Bonchev–Trinajstić information content (AvgIpc) is 1.80. The summed E-state index contributed by atoms with van der Waals surface area (Å²) >= 11 is 1.73. The number of rotatable bonds is 23. The molecule has 0 saturated heterocycles. The van der Waals surface area contributed by atoms with Crippen molar-refractivity contribution >= 4 is 94.3 Å². The number of aromatic nitrogens is 10. The highest BCUT2D eigenvalue weighted by molar-refractivity contribution is 7.17. The Morgan fingerprint density at radius 2 is 0.878 bits per heavy atom. The molecule has 0 bridgehead atoms. The van der Waals surface area contributed by atoms with Gasteiger partial charge in [0.05, 0.1) is 77.1 Å². The van der Waals surface area contributed by atoms with Crippen molar-refractivity contribution in [1.29, 1.82) is 0 Å². The van der Waals surface area contributed by atoms with Crippen molar-refractivity contribution in [1.82, 2.24) is 58.9 Å². The Morgan fingerprint density at radius 1 is 0.423 bits per heavy atom. The maximum Gasteiger partial charge on any atom is 0.335 e. The molecular weight excluding hydrogens is 1580 g/mol. The largest absolute Gasteiger partial charge is 0.481 e. The Balaban J connectivity index is 0.000000134. The molecule has 0 aliphatic heterocycles. The standard InChI is InChI=1S/C25H19N3O3S.C25H20N2O5.C24H21N3O4.C21H18N4O3/c29-24(27-31)18-8-9-22-20(13-18)25(30)28(15-26-22)11-10-16-4-3-5-17(12-16)21-14-32-23-7-2-1-6-19(21)23;28-14-23(29)20-8-9-22-21(13-20)24(30)27(15-26-22)11-10-16-2-1-3-19(12-16)17-4-6-18(7-5-17)25(31)32;1-31-23-19(6-3-10-25-23)17-5-2-4-16(12-17)9-11-27-15-26-21-8-7-18(22(29)14-28)13-20(21)24(27)30;1-24-13-18(11-22-24)16-4-2-3-14(9-16)12-25-8-7-15-5-6-17(20(26)23-28)10-19(15)21(25)27/h1-9,12-15,31H,10-11H2,(H,27,29);1-9,12-13,15,28H,10-11,14H2,(H,31,32);2-8,10,12-13,15,28H,9,11,14H2,1H3;2-11,13,28H,12H2,1H3,(H,23,26). The summed E-state index contributed by atoms with van der Waals surface area (Å²) in [5, 5.41) is 54.7. The van der Waals surface area contributed by atoms with Crippen LogP contribution < -0.4 is 37.9 Å². The molecule has 0 atom stereocenters. The van der Waals surface area contributed by atoms with E-state index < -0.39 is 42.6 Å². The van der Waals surface area contributed by atoms with Gasteiger partial charge in [0.1, 0.15) is 13.2 Å². The summed E-state index contributed by atoms with van der Waals surface area (Å²) < 4.78 is 14.6. The summed E-state index contributed by atoms with van der Waals surface area (Å²) in [5.41, 5.74) is 17.4. The number of nitrogens with zero attached hydrogens (tertiary/aromatic N) is 10. The lowest BCUT2D eigenvalue weighted by molar-refractivity contribution is 0.0691. The number of aromatic carboxylic acids is 1. The number of hydrogen-bond donors (Lipinski definition) is 7. The minimum Gasteiger partial charge on any atom is -0.481 e. The van der Waals surface area contributed by atoms with Crippen molar-refractivity contribution < 1.29 is 54.4 Å². The minimum atomic E-state index is -0.965. The monoisotopic (exact) mass is 1660 g/mol. The van der Waals surface area contributed by atoms with E-state index in [1.54, 1.807) is 129 Å². The number of aryl methyl sites for hydroxylation is 7. The molecular formula is C95H78N12O15S. The Bertz CT molecular complexity index is 7140. The van der Waals surface area contributed by atoms with Crippen molar-refractivity contribution in [3.8, 4) is 50.4 Å². The second kappa shape index (κ2) is 38.5. The number of Topliss-reactive ketones (excluding diaryl/α,β-unsaturated/α-hetero) is 2. The number of fused-ring (bicyclic) bond motifs is 5. The van der Waals surface area contributed by atoms with Gasteiger partial charge in [-0.25, -0.2) is 35.7 Å². The van der Waals surface area contributed by atoms with E-state index in [-0.39, 0.29) is 44.5 Å². The number of carbonyl (C=O) groups excluding carboxylic acids is 4. The number of carbonyl (C=O) groups is 5. The third kappa shape index (κ3) is 19.6. The SMILES string of the molecule is COc1ncccc1-c1cccc(CCn2cnc3ccc(C(=O)CO)cc3c2=O)c1.Cn1cc(-c2cccc(Cn3ccc4ccc(C(=O)NO)cc4c3=O)c2)cn1.O=C(NO)c1ccc2ncn(CCc3cccc(-c4csc5ccccc45)c3)c(=O)c2c1.O=C(O)c1ccc(-c2cccc(CCn3cnc4ccc(C(=O)CO)cc4c3=O)c2)cc1. The summed E-state index contributed by atoms with van der Waals surface area (Å²) in [5.74, 6) is -2.61. The molecule has 0 aliphatic rings. The van der Waals surface area contributed by atoms with Gasteiger partial charge in [-0.3, -0.25) is 67.2 Å². The predicted molar refractivity (Wildman–Crippen MR) is 469 cm³/mol. The Hall–Kier alpha value is -15.5. The van der Waals surface area contributed by atoms with Gasteiger partial charge in [-0.05, 0) is 189 Å². The smallest absolute Gasteiger partial charge is 0.335 e. The lowest BCUT2D eigenvalue weighted by Gasteiger charge is -2.10. The van der Waals surface area contributed by atoms with E-state index >= 15 is 0 Å². The van der Waals surface area contributed by atoms with E-state index in [9.17, 15) is 43.2 Å². The molecule has 0 spiro atoms. The number of ether oxygens (including phenoxy) is 1. The lowest BCUT2D eigenvalue weighted by Crippen LogP contribution is -2.23. The van der Waals surface area contributed by atoms with Gasteiger partial charge < -0.3 is 24.6 Å². The molecule has 7 N–H and O–H groups in total. The molecule has 0 aliphatic carbocycles. The number of ketones is 2. The maximum absolute atomic E-state index is 12.9. The molecule has 0 unspecified atom stereocenters. The van der Waals surface area contributed by atoms with Crippen molar-refractivity contribution in [3.05, 3.63) is 377 Å². The van der Waals surface area contributed by atoms with Gasteiger partial charge in [-0.2, -0.15) is 5.10 Å². The van der Waals surface area contributed by atoms with Crippen molar-refractivity contribution in [3.63, 3.8) is 0 Å². The van der Waals surface area contributed by atoms with Crippen LogP contribution in [0.2, 0.25) is 0 Å². The molecule has 0 radical (unpaired) electrons. The summed E-state index contributed by atoms with van der Waals surface area (Å²) in [6.45, 7) is 0.494. The first-order valence-electron chi connectivity index (χ1n) is 38.7. The van der Waals surface area contributed by atoms with E-state index in [1.165, 1.54) is 74.1 Å². The van der Waals surface area contributed by atoms with Gasteiger partial charge in [-0.15, -0.1) is 11.3 Å². The number of hydroxylamine groups is 2. The molecule has 0 saturated carbocycles. The second-order valence-corrected chi connectivity index (χ2v) is 29.5. The lowest BCUT2D eigenvalue weighted by atomic mass is 10.0. The number of pyridine rings is 2. The number of thiophene rings is 1.